The average Bonchev–Trinajstić information content (AvgIpc) is 3.06. The van der Waals surface area contributed by atoms with Gasteiger partial charge in [-0.25, -0.2) is 0 Å². The molecule has 0 radical (unpaired) electrons. The molecule has 1 aromatic carbocycles. The van der Waals surface area contributed by atoms with Gasteiger partial charge in [-0.1, -0.05) is 31.1 Å². The van der Waals surface area contributed by atoms with Gasteiger partial charge in [0.25, 0.3) is 11.8 Å². The molecule has 3 aromatic rings. The number of anilines is 1. The molecule has 0 bridgehead atoms. The average molecular weight is 401 g/mol. The van der Waals surface area contributed by atoms with Crippen molar-refractivity contribution in [2.45, 2.75) is 26.7 Å². The normalized spacial score (nSPS) is 10.9. The van der Waals surface area contributed by atoms with E-state index < -0.39 is 0 Å². The number of amides is 1. The zero-order chi connectivity index (χ0) is 18.0. The fraction of sp³-hybridized carbons (Fsp3) is 0.222. The molecule has 0 atom stereocenters. The molecule has 0 fully saturated rings. The van der Waals surface area contributed by atoms with E-state index in [1.165, 1.54) is 6.20 Å². The maximum absolute atomic E-state index is 12.6. The Bertz CT molecular complexity index is 921. The number of rotatable bonds is 4. The summed E-state index contributed by atoms with van der Waals surface area (Å²) in [4.78, 5) is 21.0. The highest BCUT2D eigenvalue weighted by Crippen LogP contribution is 2.31. The van der Waals surface area contributed by atoms with E-state index >= 15 is 0 Å². The van der Waals surface area contributed by atoms with Crippen LogP contribution < -0.4 is 5.32 Å². The molecular formula is C18H17BrN4O2. The Hall–Kier alpha value is -2.54. The van der Waals surface area contributed by atoms with Crippen molar-refractivity contribution in [1.29, 1.82) is 0 Å². The lowest BCUT2D eigenvalue weighted by molar-refractivity contribution is 0.102. The lowest BCUT2D eigenvalue weighted by atomic mass is 10.1. The Labute approximate surface area is 153 Å². The van der Waals surface area contributed by atoms with E-state index in [1.54, 1.807) is 12.3 Å². The fourth-order valence-electron chi connectivity index (χ4n) is 2.31. The number of para-hydroxylation sites is 1. The molecule has 0 saturated carbocycles. The van der Waals surface area contributed by atoms with Crippen molar-refractivity contribution in [2.75, 3.05) is 5.32 Å². The number of aromatic nitrogens is 3. The van der Waals surface area contributed by atoms with Gasteiger partial charge in [-0.05, 0) is 40.5 Å². The molecule has 0 aliphatic carbocycles. The first-order valence-electron chi connectivity index (χ1n) is 7.81. The topological polar surface area (TPSA) is 80.9 Å². The lowest BCUT2D eigenvalue weighted by Crippen LogP contribution is -2.14. The first kappa shape index (κ1) is 17.3. The Morgan fingerprint density at radius 3 is 2.76 bits per heavy atom. The van der Waals surface area contributed by atoms with Gasteiger partial charge >= 0.3 is 0 Å². The summed E-state index contributed by atoms with van der Waals surface area (Å²) < 4.78 is 6.12. The van der Waals surface area contributed by atoms with Gasteiger partial charge in [0.15, 0.2) is 5.82 Å². The van der Waals surface area contributed by atoms with Crippen LogP contribution in [0.3, 0.4) is 0 Å². The predicted octanol–water partition coefficient (Wildman–Crippen LogP) is 4.58. The molecule has 25 heavy (non-hydrogen) atoms. The number of halogens is 1. The third-order valence-corrected chi connectivity index (χ3v) is 4.10. The van der Waals surface area contributed by atoms with Crippen LogP contribution in [0.2, 0.25) is 0 Å². The quantitative estimate of drug-likeness (QED) is 0.692. The van der Waals surface area contributed by atoms with Crippen molar-refractivity contribution >= 4 is 27.5 Å². The van der Waals surface area contributed by atoms with Crippen molar-refractivity contribution in [1.82, 2.24) is 15.1 Å². The lowest BCUT2D eigenvalue weighted by Gasteiger charge is -2.11. The highest BCUT2D eigenvalue weighted by Gasteiger charge is 2.18. The zero-order valence-corrected chi connectivity index (χ0v) is 15.7. The molecule has 128 valence electrons. The molecule has 0 aliphatic heterocycles. The standard InChI is InChI=1S/C18H17BrN4O2/c1-10(2)16-22-18(25-23-16)14-6-4-5-11(3)15(14)21-17(24)12-7-13(19)9-20-8-12/h4-10H,1-3H3,(H,21,24). The molecule has 2 aromatic heterocycles. The monoisotopic (exact) mass is 400 g/mol. The van der Waals surface area contributed by atoms with Crippen molar-refractivity contribution < 1.29 is 9.32 Å². The Morgan fingerprint density at radius 1 is 1.28 bits per heavy atom. The largest absolute Gasteiger partial charge is 0.334 e. The summed E-state index contributed by atoms with van der Waals surface area (Å²) in [6, 6.07) is 7.36. The predicted molar refractivity (Wildman–Crippen MR) is 98.5 cm³/mol. The molecule has 0 spiro atoms. The summed E-state index contributed by atoms with van der Waals surface area (Å²) >= 11 is 3.32. The molecule has 3 rings (SSSR count). The highest BCUT2D eigenvalue weighted by molar-refractivity contribution is 9.10. The van der Waals surface area contributed by atoms with Crippen LogP contribution in [0.15, 0.2) is 45.7 Å². The van der Waals surface area contributed by atoms with Crippen LogP contribution in [-0.2, 0) is 0 Å². The van der Waals surface area contributed by atoms with Gasteiger partial charge < -0.3 is 9.84 Å². The summed E-state index contributed by atoms with van der Waals surface area (Å²) in [5.74, 6) is 0.918. The van der Waals surface area contributed by atoms with Gasteiger partial charge in [-0.3, -0.25) is 9.78 Å². The number of nitrogens with zero attached hydrogens (tertiary/aromatic N) is 3. The maximum atomic E-state index is 12.6. The van der Waals surface area contributed by atoms with E-state index in [1.807, 2.05) is 39.0 Å². The highest BCUT2D eigenvalue weighted by atomic mass is 79.9. The summed E-state index contributed by atoms with van der Waals surface area (Å²) in [6.45, 7) is 5.90. The summed E-state index contributed by atoms with van der Waals surface area (Å²) in [5.41, 5.74) is 2.69. The Balaban J connectivity index is 1.97. The minimum absolute atomic E-state index is 0.160. The fourth-order valence-corrected chi connectivity index (χ4v) is 2.68. The molecule has 0 unspecified atom stereocenters. The number of benzene rings is 1. The van der Waals surface area contributed by atoms with E-state index in [-0.39, 0.29) is 11.8 Å². The smallest absolute Gasteiger partial charge is 0.260 e. The van der Waals surface area contributed by atoms with Crippen molar-refractivity contribution in [3.05, 3.63) is 58.1 Å². The van der Waals surface area contributed by atoms with E-state index in [2.05, 4.69) is 36.4 Å². The van der Waals surface area contributed by atoms with Gasteiger partial charge in [0.1, 0.15) is 0 Å². The Morgan fingerprint density at radius 2 is 2.08 bits per heavy atom. The minimum Gasteiger partial charge on any atom is -0.334 e. The van der Waals surface area contributed by atoms with Crippen LogP contribution in [0.4, 0.5) is 5.69 Å². The van der Waals surface area contributed by atoms with Crippen molar-refractivity contribution in [3.8, 4) is 11.5 Å². The second-order valence-corrected chi connectivity index (χ2v) is 6.87. The molecular weight excluding hydrogens is 384 g/mol. The first-order chi connectivity index (χ1) is 12.0. The zero-order valence-electron chi connectivity index (χ0n) is 14.1. The van der Waals surface area contributed by atoms with Crippen molar-refractivity contribution in [2.24, 2.45) is 0 Å². The molecule has 1 amide bonds. The number of hydrogen-bond donors (Lipinski definition) is 1. The van der Waals surface area contributed by atoms with Gasteiger partial charge in [-0.15, -0.1) is 0 Å². The molecule has 2 heterocycles. The van der Waals surface area contributed by atoms with Crippen LogP contribution in [0.1, 0.15) is 41.5 Å². The minimum atomic E-state index is -0.257. The van der Waals surface area contributed by atoms with E-state index in [0.717, 1.165) is 10.0 Å². The van der Waals surface area contributed by atoms with Crippen LogP contribution >= 0.6 is 15.9 Å². The van der Waals surface area contributed by atoms with Gasteiger partial charge in [0.05, 0.1) is 16.8 Å². The number of nitrogens with one attached hydrogen (secondary N) is 1. The van der Waals surface area contributed by atoms with Gasteiger partial charge in [0.2, 0.25) is 0 Å². The number of aryl methyl sites for hydroxylation is 1. The summed E-state index contributed by atoms with van der Waals surface area (Å²) in [5, 5.41) is 6.93. The number of carbonyl (C=O) groups is 1. The summed E-state index contributed by atoms with van der Waals surface area (Å²) in [7, 11) is 0. The third-order valence-electron chi connectivity index (χ3n) is 3.67. The second-order valence-electron chi connectivity index (χ2n) is 5.96. The summed E-state index contributed by atoms with van der Waals surface area (Å²) in [6.07, 6.45) is 3.14. The van der Waals surface area contributed by atoms with Crippen LogP contribution in [0, 0.1) is 6.92 Å². The Kier molecular flexibility index (Phi) is 4.94. The van der Waals surface area contributed by atoms with Crippen LogP contribution in [0.25, 0.3) is 11.5 Å². The maximum Gasteiger partial charge on any atom is 0.260 e. The van der Waals surface area contributed by atoms with Gasteiger partial charge in [-0.2, -0.15) is 4.98 Å². The molecule has 7 heteroatoms. The van der Waals surface area contributed by atoms with Crippen LogP contribution in [0.5, 0.6) is 0 Å². The third kappa shape index (κ3) is 3.76. The number of hydrogen-bond acceptors (Lipinski definition) is 5. The van der Waals surface area contributed by atoms with E-state index in [9.17, 15) is 4.79 Å². The van der Waals surface area contributed by atoms with Gasteiger partial charge in [0, 0.05) is 22.8 Å². The van der Waals surface area contributed by atoms with Crippen LogP contribution in [-0.4, -0.2) is 21.0 Å². The molecule has 1 N–H and O–H groups in total. The molecule has 0 aliphatic rings. The molecule has 6 nitrogen and oxygen atoms in total. The first-order valence-corrected chi connectivity index (χ1v) is 8.60. The number of carbonyl (C=O) groups excluding carboxylic acids is 1. The SMILES string of the molecule is Cc1cccc(-c2nc(C(C)C)no2)c1NC(=O)c1cncc(Br)c1. The van der Waals surface area contributed by atoms with Crippen molar-refractivity contribution in [3.63, 3.8) is 0 Å². The number of pyridine rings is 1. The van der Waals surface area contributed by atoms with E-state index in [4.69, 9.17) is 4.52 Å². The molecule has 0 saturated heterocycles. The van der Waals surface area contributed by atoms with E-state index in [0.29, 0.717) is 28.5 Å². The second kappa shape index (κ2) is 7.14.